The quantitative estimate of drug-likeness (QED) is 0.315. The molecule has 0 unspecified atom stereocenters. The summed E-state index contributed by atoms with van der Waals surface area (Å²) >= 11 is 13.8. The number of fused-ring (bicyclic) bond motifs is 1. The van der Waals surface area contributed by atoms with E-state index in [9.17, 15) is 14.0 Å². The summed E-state index contributed by atoms with van der Waals surface area (Å²) in [6.45, 7) is 1.61. The van der Waals surface area contributed by atoms with Crippen molar-refractivity contribution in [1.82, 2.24) is 29.1 Å². The van der Waals surface area contributed by atoms with Crippen molar-refractivity contribution in [3.8, 4) is 5.69 Å². The van der Waals surface area contributed by atoms with Crippen LogP contribution in [0.2, 0.25) is 10.0 Å². The van der Waals surface area contributed by atoms with Crippen molar-refractivity contribution in [2.45, 2.75) is 13.5 Å². The zero-order valence-corrected chi connectivity index (χ0v) is 21.6. The molecule has 0 radical (unpaired) electrons. The highest BCUT2D eigenvalue weighted by Gasteiger charge is 2.18. The molecule has 1 aromatic carbocycles. The Morgan fingerprint density at radius 1 is 1.05 bits per heavy atom. The molecule has 0 amide bonds. The van der Waals surface area contributed by atoms with Gasteiger partial charge in [0, 0.05) is 13.2 Å². The van der Waals surface area contributed by atoms with E-state index in [1.165, 1.54) is 28.2 Å². The van der Waals surface area contributed by atoms with Crippen LogP contribution in [0.15, 0.2) is 52.4 Å². The number of hydrogen-bond donors (Lipinski definition) is 2. The molecule has 4 aromatic heterocycles. The van der Waals surface area contributed by atoms with Crippen LogP contribution in [0.25, 0.3) is 15.9 Å². The third-order valence-corrected chi connectivity index (χ3v) is 6.95. The maximum atomic E-state index is 13.7. The number of aryl methyl sites for hydroxylation is 1. The number of nitrogens with zero attached hydrogens (tertiary/aromatic N) is 6. The smallest absolute Gasteiger partial charge is 0.359 e. The molecule has 5 aromatic rings. The molecule has 0 fully saturated rings. The number of rotatable bonds is 6. The maximum absolute atomic E-state index is 13.7. The van der Waals surface area contributed by atoms with Crippen LogP contribution in [0.3, 0.4) is 0 Å². The lowest BCUT2D eigenvalue weighted by Gasteiger charge is -2.16. The molecule has 0 spiro atoms. The highest BCUT2D eigenvalue weighted by atomic mass is 35.5. The average molecular weight is 559 g/mol. The second-order valence-corrected chi connectivity index (χ2v) is 9.77. The van der Waals surface area contributed by atoms with Gasteiger partial charge in [0.05, 0.1) is 56.3 Å². The van der Waals surface area contributed by atoms with Crippen molar-refractivity contribution >= 4 is 61.5 Å². The number of hydrogen-bond acceptors (Lipinski definition) is 9. The minimum atomic E-state index is -0.825. The molecule has 188 valence electrons. The summed E-state index contributed by atoms with van der Waals surface area (Å²) in [5.74, 6) is -0.788. The van der Waals surface area contributed by atoms with E-state index in [1.807, 2.05) is 0 Å². The number of thiazole rings is 1. The van der Waals surface area contributed by atoms with Crippen molar-refractivity contribution in [2.24, 2.45) is 0 Å². The van der Waals surface area contributed by atoms with Gasteiger partial charge in [-0.1, -0.05) is 34.5 Å². The van der Waals surface area contributed by atoms with Crippen LogP contribution in [0.5, 0.6) is 0 Å². The first kappa shape index (κ1) is 24.8. The fraction of sp³-hybridized carbons (Fsp3) is 0.130. The Morgan fingerprint density at radius 3 is 2.59 bits per heavy atom. The van der Waals surface area contributed by atoms with Crippen molar-refractivity contribution in [2.75, 3.05) is 17.7 Å². The molecule has 0 saturated heterocycles. The molecule has 4 heterocycles. The average Bonchev–Trinajstić information content (AvgIpc) is 3.25. The highest BCUT2D eigenvalue weighted by molar-refractivity contribution is 7.22. The number of halogens is 3. The lowest BCUT2D eigenvalue weighted by atomic mass is 10.3. The van der Waals surface area contributed by atoms with Gasteiger partial charge in [-0.2, -0.15) is 4.98 Å². The minimum absolute atomic E-state index is 0.0892. The van der Waals surface area contributed by atoms with Crippen LogP contribution < -0.4 is 22.0 Å². The summed E-state index contributed by atoms with van der Waals surface area (Å²) < 4.78 is 16.6. The summed E-state index contributed by atoms with van der Waals surface area (Å²) in [5.41, 5.74) is 0.807. The fourth-order valence-corrected chi connectivity index (χ4v) is 4.81. The number of aromatic nitrogens is 6. The summed E-state index contributed by atoms with van der Waals surface area (Å²) in [4.78, 5) is 43.3. The van der Waals surface area contributed by atoms with E-state index < -0.39 is 17.2 Å². The molecule has 0 aliphatic heterocycles. The van der Waals surface area contributed by atoms with Gasteiger partial charge in [-0.25, -0.2) is 23.5 Å². The molecule has 14 heteroatoms. The van der Waals surface area contributed by atoms with E-state index in [-0.39, 0.29) is 28.9 Å². The Balaban J connectivity index is 1.67. The first-order valence-corrected chi connectivity index (χ1v) is 12.3. The predicted octanol–water partition coefficient (Wildman–Crippen LogP) is 4.38. The van der Waals surface area contributed by atoms with Crippen molar-refractivity contribution in [3.63, 3.8) is 0 Å². The second-order valence-electron chi connectivity index (χ2n) is 7.93. The lowest BCUT2D eigenvalue weighted by Crippen LogP contribution is -2.42. The maximum Gasteiger partial charge on any atom is 0.359 e. The van der Waals surface area contributed by atoms with Gasteiger partial charge in [-0.3, -0.25) is 14.5 Å². The minimum Gasteiger partial charge on any atom is -0.365 e. The molecule has 0 saturated carbocycles. The monoisotopic (exact) mass is 558 g/mol. The summed E-state index contributed by atoms with van der Waals surface area (Å²) in [6.07, 6.45) is 3.94. The Labute approximate surface area is 222 Å². The largest absolute Gasteiger partial charge is 0.365 e. The second kappa shape index (κ2) is 9.88. The zero-order valence-electron chi connectivity index (χ0n) is 19.3. The van der Waals surface area contributed by atoms with Gasteiger partial charge in [-0.05, 0) is 36.8 Å². The number of benzene rings is 1. The van der Waals surface area contributed by atoms with Gasteiger partial charge >= 0.3 is 11.4 Å². The van der Waals surface area contributed by atoms with E-state index in [0.717, 1.165) is 21.0 Å². The molecule has 0 aliphatic rings. The predicted molar refractivity (Wildman–Crippen MR) is 142 cm³/mol. The summed E-state index contributed by atoms with van der Waals surface area (Å²) in [7, 11) is 1.76. The van der Waals surface area contributed by atoms with E-state index >= 15 is 0 Å². The standard InChI is InChI=1S/C23H17Cl2FN8O2S/c1-11-3-13(8-28-7-11)34-22(35)32-20(33(23(34)36)10-12-4-14(24)16(26)9-29-12)30-17-6-19-18(5-15(17)25)31-21(27-2)37-19/h3-9H,10H2,1-2H3,(H,27,31)(H,30,32,35). The molecule has 37 heavy (non-hydrogen) atoms. The van der Waals surface area contributed by atoms with E-state index in [2.05, 4.69) is 30.6 Å². The van der Waals surface area contributed by atoms with Crippen LogP contribution in [-0.2, 0) is 6.54 Å². The lowest BCUT2D eigenvalue weighted by molar-refractivity contribution is 0.612. The first-order chi connectivity index (χ1) is 17.7. The van der Waals surface area contributed by atoms with Gasteiger partial charge < -0.3 is 10.6 Å². The summed E-state index contributed by atoms with van der Waals surface area (Å²) in [5, 5.41) is 6.82. The molecule has 5 rings (SSSR count). The molecular weight excluding hydrogens is 542 g/mol. The number of pyridine rings is 2. The van der Waals surface area contributed by atoms with Crippen LogP contribution in [0.1, 0.15) is 11.3 Å². The number of anilines is 3. The van der Waals surface area contributed by atoms with Crippen LogP contribution in [-0.4, -0.2) is 36.1 Å². The van der Waals surface area contributed by atoms with E-state index in [4.69, 9.17) is 23.2 Å². The van der Waals surface area contributed by atoms with Crippen molar-refractivity contribution in [1.29, 1.82) is 0 Å². The van der Waals surface area contributed by atoms with Crippen LogP contribution >= 0.6 is 34.5 Å². The molecule has 0 aliphatic carbocycles. The van der Waals surface area contributed by atoms with Gasteiger partial charge in [0.25, 0.3) is 0 Å². The first-order valence-electron chi connectivity index (χ1n) is 10.7. The van der Waals surface area contributed by atoms with Gasteiger partial charge in [0.15, 0.2) is 10.9 Å². The summed E-state index contributed by atoms with van der Waals surface area (Å²) in [6, 6.07) is 6.35. The van der Waals surface area contributed by atoms with E-state index in [1.54, 1.807) is 38.4 Å². The molecule has 2 N–H and O–H groups in total. The Hall–Kier alpha value is -3.87. The van der Waals surface area contributed by atoms with Gasteiger partial charge in [-0.15, -0.1) is 0 Å². The highest BCUT2D eigenvalue weighted by Crippen LogP contribution is 2.34. The third kappa shape index (κ3) is 4.90. The van der Waals surface area contributed by atoms with Gasteiger partial charge in [0.1, 0.15) is 0 Å². The molecule has 0 bridgehead atoms. The Morgan fingerprint density at radius 2 is 1.86 bits per heavy atom. The molecule has 0 atom stereocenters. The molecule has 10 nitrogen and oxygen atoms in total. The SMILES string of the molecule is CNc1nc2cc(Cl)c(Nc3nc(=O)n(-c4cncc(C)c4)c(=O)n3Cc3cc(Cl)c(F)cn3)cc2s1. The molecular formula is C23H17Cl2FN8O2S. The van der Waals surface area contributed by atoms with Crippen molar-refractivity contribution in [3.05, 3.63) is 90.9 Å². The normalized spacial score (nSPS) is 11.2. The topological polar surface area (TPSA) is 120 Å². The third-order valence-electron chi connectivity index (χ3n) is 5.31. The number of nitrogens with one attached hydrogen (secondary N) is 2. The fourth-order valence-electron chi connectivity index (χ4n) is 3.59. The van der Waals surface area contributed by atoms with Crippen LogP contribution in [0, 0.1) is 12.7 Å². The van der Waals surface area contributed by atoms with Gasteiger partial charge in [0.2, 0.25) is 5.95 Å². The van der Waals surface area contributed by atoms with Crippen molar-refractivity contribution < 1.29 is 4.39 Å². The van der Waals surface area contributed by atoms with Crippen LogP contribution in [0.4, 0.5) is 21.2 Å². The Kier molecular flexibility index (Phi) is 6.63. The van der Waals surface area contributed by atoms with E-state index in [0.29, 0.717) is 21.4 Å². The Bertz CT molecular complexity index is 1790. The zero-order chi connectivity index (χ0) is 26.3.